The molecule has 2 aromatic carbocycles. The number of hydrogen-bond donors (Lipinski definition) is 1. The van der Waals surface area contributed by atoms with Crippen LogP contribution in [0.3, 0.4) is 0 Å². The molecular formula is C15H9FN2O. The fraction of sp³-hybridized carbons (Fsp3) is 0. The summed E-state index contributed by atoms with van der Waals surface area (Å²) in [6, 6.07) is 13.2. The molecule has 0 aliphatic rings. The molecule has 19 heavy (non-hydrogen) atoms. The van der Waals surface area contributed by atoms with E-state index in [1.54, 1.807) is 47.2 Å². The van der Waals surface area contributed by atoms with Crippen LogP contribution >= 0.6 is 0 Å². The predicted molar refractivity (Wildman–Crippen MR) is 69.6 cm³/mol. The lowest BCUT2D eigenvalue weighted by molar-refractivity contribution is 0.475. The predicted octanol–water partition coefficient (Wildman–Crippen LogP) is 3.35. The van der Waals surface area contributed by atoms with Crippen LogP contribution in [-0.4, -0.2) is 9.67 Å². The van der Waals surface area contributed by atoms with E-state index in [4.69, 9.17) is 5.26 Å². The van der Waals surface area contributed by atoms with Gasteiger partial charge in [-0.15, -0.1) is 0 Å². The average molecular weight is 252 g/mol. The Morgan fingerprint density at radius 3 is 2.53 bits per heavy atom. The molecule has 0 atom stereocenters. The Kier molecular flexibility index (Phi) is 2.46. The Morgan fingerprint density at radius 2 is 1.84 bits per heavy atom. The van der Waals surface area contributed by atoms with Crippen LogP contribution in [-0.2, 0) is 0 Å². The summed E-state index contributed by atoms with van der Waals surface area (Å²) >= 11 is 0. The molecule has 0 aliphatic carbocycles. The van der Waals surface area contributed by atoms with E-state index >= 15 is 0 Å². The van der Waals surface area contributed by atoms with Gasteiger partial charge in [0.15, 0.2) is 0 Å². The molecule has 3 rings (SSSR count). The van der Waals surface area contributed by atoms with Gasteiger partial charge in [0.2, 0.25) is 0 Å². The average Bonchev–Trinajstić information content (AvgIpc) is 2.80. The lowest BCUT2D eigenvalue weighted by atomic mass is 10.2. The van der Waals surface area contributed by atoms with E-state index in [9.17, 15) is 9.50 Å². The first-order valence-corrected chi connectivity index (χ1v) is 5.70. The Bertz CT molecular complexity index is 797. The number of nitrogens with zero attached hydrogens (tertiary/aromatic N) is 2. The zero-order chi connectivity index (χ0) is 13.4. The van der Waals surface area contributed by atoms with Crippen LogP contribution in [0.2, 0.25) is 0 Å². The fourth-order valence-electron chi connectivity index (χ4n) is 2.15. The third-order valence-electron chi connectivity index (χ3n) is 3.03. The molecule has 0 saturated heterocycles. The topological polar surface area (TPSA) is 49.0 Å². The minimum absolute atomic E-state index is 0.159. The summed E-state index contributed by atoms with van der Waals surface area (Å²) < 4.78 is 15.6. The van der Waals surface area contributed by atoms with Gasteiger partial charge in [-0.1, -0.05) is 6.07 Å². The first-order chi connectivity index (χ1) is 9.20. The maximum absolute atomic E-state index is 13.8. The highest BCUT2D eigenvalue weighted by atomic mass is 19.1. The van der Waals surface area contributed by atoms with Crippen molar-refractivity contribution < 1.29 is 9.50 Å². The molecule has 0 aliphatic heterocycles. The standard InChI is InChI=1S/C15H9FN2O/c16-13-2-1-3-14-15(13)10(8-17)9-18(14)11-4-6-12(19)7-5-11/h1-7,9,19H. The molecule has 1 heterocycles. The van der Waals surface area contributed by atoms with Gasteiger partial charge in [-0.25, -0.2) is 4.39 Å². The van der Waals surface area contributed by atoms with Gasteiger partial charge in [-0.05, 0) is 36.4 Å². The molecule has 4 heteroatoms. The first-order valence-electron chi connectivity index (χ1n) is 5.70. The quantitative estimate of drug-likeness (QED) is 0.722. The number of nitriles is 1. The molecule has 0 spiro atoms. The van der Waals surface area contributed by atoms with Crippen LogP contribution in [0.25, 0.3) is 16.6 Å². The van der Waals surface area contributed by atoms with Gasteiger partial charge in [0.1, 0.15) is 17.6 Å². The van der Waals surface area contributed by atoms with Crippen LogP contribution in [0, 0.1) is 17.1 Å². The second-order valence-electron chi connectivity index (χ2n) is 4.17. The van der Waals surface area contributed by atoms with E-state index in [1.165, 1.54) is 6.07 Å². The minimum atomic E-state index is -0.411. The molecule has 1 aromatic heterocycles. The smallest absolute Gasteiger partial charge is 0.133 e. The van der Waals surface area contributed by atoms with E-state index in [2.05, 4.69) is 0 Å². The van der Waals surface area contributed by atoms with Gasteiger partial charge in [0.25, 0.3) is 0 Å². The van der Waals surface area contributed by atoms with Crippen molar-refractivity contribution in [1.29, 1.82) is 5.26 Å². The van der Waals surface area contributed by atoms with Crippen molar-refractivity contribution in [3.05, 3.63) is 60.0 Å². The Balaban J connectivity index is 2.34. The number of rotatable bonds is 1. The normalized spacial score (nSPS) is 10.5. The molecule has 1 N–H and O–H groups in total. The number of aromatic nitrogens is 1. The highest BCUT2D eigenvalue weighted by Gasteiger charge is 2.13. The molecule has 0 fully saturated rings. The molecule has 3 aromatic rings. The lowest BCUT2D eigenvalue weighted by Crippen LogP contribution is -1.91. The van der Waals surface area contributed by atoms with Gasteiger partial charge >= 0.3 is 0 Å². The fourth-order valence-corrected chi connectivity index (χ4v) is 2.15. The van der Waals surface area contributed by atoms with Crippen molar-refractivity contribution in [2.24, 2.45) is 0 Å². The van der Waals surface area contributed by atoms with Crippen molar-refractivity contribution in [1.82, 2.24) is 4.57 Å². The molecule has 0 unspecified atom stereocenters. The number of halogens is 1. The van der Waals surface area contributed by atoms with Gasteiger partial charge in [-0.3, -0.25) is 0 Å². The number of phenols is 1. The molecule has 0 bridgehead atoms. The van der Waals surface area contributed by atoms with E-state index in [1.807, 2.05) is 6.07 Å². The SMILES string of the molecule is N#Cc1cn(-c2ccc(O)cc2)c2cccc(F)c12. The maximum Gasteiger partial charge on any atom is 0.133 e. The molecule has 0 saturated carbocycles. The van der Waals surface area contributed by atoms with Crippen molar-refractivity contribution >= 4 is 10.9 Å². The molecule has 0 amide bonds. The Labute approximate surface area is 108 Å². The summed E-state index contributed by atoms with van der Waals surface area (Å²) in [6.45, 7) is 0. The molecule has 0 radical (unpaired) electrons. The van der Waals surface area contributed by atoms with Crippen molar-refractivity contribution in [3.63, 3.8) is 0 Å². The largest absolute Gasteiger partial charge is 0.508 e. The van der Waals surface area contributed by atoms with E-state index in [0.717, 1.165) is 5.69 Å². The summed E-state index contributed by atoms with van der Waals surface area (Å²) in [4.78, 5) is 0. The monoisotopic (exact) mass is 252 g/mol. The van der Waals surface area contributed by atoms with Gasteiger partial charge in [0, 0.05) is 11.9 Å². The summed E-state index contributed by atoms with van der Waals surface area (Å²) in [5.74, 6) is -0.251. The number of aromatic hydroxyl groups is 1. The van der Waals surface area contributed by atoms with E-state index in [-0.39, 0.29) is 5.75 Å². The second-order valence-corrected chi connectivity index (χ2v) is 4.17. The van der Waals surface area contributed by atoms with Crippen LogP contribution in [0.1, 0.15) is 5.56 Å². The van der Waals surface area contributed by atoms with Crippen LogP contribution < -0.4 is 0 Å². The highest BCUT2D eigenvalue weighted by molar-refractivity contribution is 5.88. The number of fused-ring (bicyclic) bond motifs is 1. The summed E-state index contributed by atoms with van der Waals surface area (Å²) in [5.41, 5.74) is 1.68. The summed E-state index contributed by atoms with van der Waals surface area (Å²) in [6.07, 6.45) is 1.60. The van der Waals surface area contributed by atoms with Gasteiger partial charge in [0.05, 0.1) is 16.5 Å². The van der Waals surface area contributed by atoms with Crippen molar-refractivity contribution in [2.45, 2.75) is 0 Å². The number of benzene rings is 2. The van der Waals surface area contributed by atoms with Crippen molar-refractivity contribution in [3.8, 4) is 17.5 Å². The molecule has 92 valence electrons. The van der Waals surface area contributed by atoms with Gasteiger partial charge in [-0.2, -0.15) is 5.26 Å². The molecule has 3 nitrogen and oxygen atoms in total. The number of phenolic OH excluding ortho intramolecular Hbond substituents is 1. The van der Waals surface area contributed by atoms with E-state index < -0.39 is 5.82 Å². The lowest BCUT2D eigenvalue weighted by Gasteiger charge is -2.05. The third kappa shape index (κ3) is 1.72. The molecular weight excluding hydrogens is 243 g/mol. The van der Waals surface area contributed by atoms with E-state index in [0.29, 0.717) is 16.5 Å². The third-order valence-corrected chi connectivity index (χ3v) is 3.03. The van der Waals surface area contributed by atoms with Crippen molar-refractivity contribution in [2.75, 3.05) is 0 Å². The Hall–Kier alpha value is -2.80. The minimum Gasteiger partial charge on any atom is -0.508 e. The van der Waals surface area contributed by atoms with Crippen LogP contribution in [0.15, 0.2) is 48.7 Å². The second kappa shape index (κ2) is 4.14. The van der Waals surface area contributed by atoms with Crippen LogP contribution in [0.4, 0.5) is 4.39 Å². The van der Waals surface area contributed by atoms with Gasteiger partial charge < -0.3 is 9.67 Å². The maximum atomic E-state index is 13.8. The number of hydrogen-bond acceptors (Lipinski definition) is 2. The first kappa shape index (κ1) is 11.3. The van der Waals surface area contributed by atoms with Crippen LogP contribution in [0.5, 0.6) is 5.75 Å². The summed E-state index contributed by atoms with van der Waals surface area (Å²) in [7, 11) is 0. The zero-order valence-electron chi connectivity index (χ0n) is 9.84. The Morgan fingerprint density at radius 1 is 1.11 bits per heavy atom. The highest BCUT2D eigenvalue weighted by Crippen LogP contribution is 2.27. The summed E-state index contributed by atoms with van der Waals surface area (Å²) in [5, 5.41) is 18.7. The zero-order valence-corrected chi connectivity index (χ0v) is 9.84.